The number of hydrogen-bond acceptors (Lipinski definition) is 5. The van der Waals surface area contributed by atoms with E-state index in [0.717, 1.165) is 56.1 Å². The summed E-state index contributed by atoms with van der Waals surface area (Å²) in [7, 11) is 1.53. The number of rotatable bonds is 2. The van der Waals surface area contributed by atoms with E-state index in [0.29, 0.717) is 5.92 Å². The van der Waals surface area contributed by atoms with Crippen LogP contribution in [0.5, 0.6) is 0 Å². The van der Waals surface area contributed by atoms with Gasteiger partial charge in [-0.2, -0.15) is 0 Å². The molecule has 0 radical (unpaired) electrons. The number of hydrogen-bond donors (Lipinski definition) is 2. The number of nitrogens with zero attached hydrogens (tertiary/aromatic N) is 1. The molecule has 6 heteroatoms. The predicted octanol–water partition coefficient (Wildman–Crippen LogP) is 6.10. The molecule has 5 aliphatic carbocycles. The lowest BCUT2D eigenvalue weighted by molar-refractivity contribution is -0.178. The number of carboxylic acid groups (broad SMARTS) is 1. The van der Waals surface area contributed by atoms with Gasteiger partial charge in [-0.05, 0) is 98.2 Å². The van der Waals surface area contributed by atoms with Crippen LogP contribution in [-0.4, -0.2) is 40.5 Å². The molecule has 5 rings (SSSR count). The van der Waals surface area contributed by atoms with Gasteiger partial charge in [0.15, 0.2) is 5.60 Å². The largest absolute Gasteiger partial charge is 0.481 e. The first-order valence-corrected chi connectivity index (χ1v) is 13.4. The van der Waals surface area contributed by atoms with Crippen molar-refractivity contribution < 1.29 is 24.6 Å². The lowest BCUT2D eigenvalue weighted by Gasteiger charge is -2.70. The van der Waals surface area contributed by atoms with Crippen LogP contribution in [0.4, 0.5) is 0 Å². The minimum atomic E-state index is -1.20. The van der Waals surface area contributed by atoms with E-state index >= 15 is 0 Å². The van der Waals surface area contributed by atoms with Gasteiger partial charge in [0.1, 0.15) is 5.71 Å². The zero-order valence-corrected chi connectivity index (χ0v) is 22.8. The predicted molar refractivity (Wildman–Crippen MR) is 138 cm³/mol. The number of methoxy groups -OCH3 is 1. The van der Waals surface area contributed by atoms with E-state index < -0.39 is 17.0 Å². The van der Waals surface area contributed by atoms with Crippen LogP contribution >= 0.6 is 0 Å². The van der Waals surface area contributed by atoms with Gasteiger partial charge in [0.25, 0.3) is 0 Å². The molecule has 196 valence electrons. The average molecular weight is 496 g/mol. The summed E-state index contributed by atoms with van der Waals surface area (Å²) in [5.41, 5.74) is 1.02. The molecule has 0 unspecified atom stereocenters. The van der Waals surface area contributed by atoms with Crippen molar-refractivity contribution in [3.8, 4) is 0 Å². The van der Waals surface area contributed by atoms with E-state index in [1.165, 1.54) is 12.7 Å². The van der Waals surface area contributed by atoms with E-state index in [-0.39, 0.29) is 33.2 Å². The van der Waals surface area contributed by atoms with Crippen LogP contribution in [0.1, 0.15) is 86.5 Å². The number of oxime groups is 1. The van der Waals surface area contributed by atoms with E-state index in [9.17, 15) is 19.9 Å². The summed E-state index contributed by atoms with van der Waals surface area (Å²) in [5.74, 6) is -0.689. The number of fused-ring (bicyclic) bond motifs is 7. The zero-order chi connectivity index (χ0) is 26.5. The number of carbonyl (C=O) groups excluding carboxylic acids is 1. The standard InChI is InChI=1S/C30H41NO5/c1-25-10-11-26(2,24(33)34)17-22(25)29(5)15-13-27(3)19-16-20(31-35)23(32)30(6,36-7)18(19)8-9-21(27)28(29,4)14-12-25/h8-9,16,22,35H,10-15,17H2,1-7H3,(H,33,34)/t22-,25-,26-,27+,28-,29+,30+/m1/s1. The third kappa shape index (κ3) is 2.85. The highest BCUT2D eigenvalue weighted by molar-refractivity contribution is 6.48. The first-order chi connectivity index (χ1) is 16.7. The van der Waals surface area contributed by atoms with Crippen LogP contribution in [0.3, 0.4) is 0 Å². The molecule has 3 fully saturated rings. The van der Waals surface area contributed by atoms with Gasteiger partial charge in [-0.25, -0.2) is 0 Å². The molecule has 0 aliphatic heterocycles. The molecule has 0 aromatic carbocycles. The molecule has 0 spiro atoms. The maximum Gasteiger partial charge on any atom is 0.309 e. The molecular formula is C30H41NO5. The average Bonchev–Trinajstić information content (AvgIpc) is 2.84. The van der Waals surface area contributed by atoms with Crippen LogP contribution < -0.4 is 0 Å². The van der Waals surface area contributed by atoms with Crippen LogP contribution in [0.25, 0.3) is 0 Å². The quantitative estimate of drug-likeness (QED) is 0.356. The molecule has 6 nitrogen and oxygen atoms in total. The third-order valence-corrected chi connectivity index (χ3v) is 12.1. The second kappa shape index (κ2) is 7.43. The Labute approximate surface area is 214 Å². The first kappa shape index (κ1) is 25.4. The number of Topliss-reactive ketones (excluding diaryl/α,β-unsaturated/α-hetero) is 1. The number of carbonyl (C=O) groups is 2. The van der Waals surface area contributed by atoms with Gasteiger partial charge in [-0.1, -0.05) is 50.6 Å². The molecule has 3 saturated carbocycles. The smallest absolute Gasteiger partial charge is 0.309 e. The van der Waals surface area contributed by atoms with Gasteiger partial charge in [-0.15, -0.1) is 0 Å². The highest BCUT2D eigenvalue weighted by Crippen LogP contribution is 2.75. The molecule has 0 heterocycles. The van der Waals surface area contributed by atoms with Gasteiger partial charge in [-0.3, -0.25) is 9.59 Å². The lowest BCUT2D eigenvalue weighted by Crippen LogP contribution is -2.62. The second-order valence-electron chi connectivity index (χ2n) is 13.6. The molecule has 5 aliphatic rings. The monoisotopic (exact) mass is 495 g/mol. The molecule has 0 amide bonds. The molecule has 0 aromatic heterocycles. The fraction of sp³-hybridized carbons (Fsp3) is 0.700. The Bertz CT molecular complexity index is 1180. The fourth-order valence-corrected chi connectivity index (χ4v) is 9.07. The maximum atomic E-state index is 13.1. The van der Waals surface area contributed by atoms with Crippen LogP contribution in [0.2, 0.25) is 0 Å². The van der Waals surface area contributed by atoms with Crippen molar-refractivity contribution in [2.45, 2.75) is 92.1 Å². The van der Waals surface area contributed by atoms with Crippen molar-refractivity contribution in [1.82, 2.24) is 0 Å². The maximum absolute atomic E-state index is 13.1. The topological polar surface area (TPSA) is 96.2 Å². The van der Waals surface area contributed by atoms with Crippen molar-refractivity contribution in [1.29, 1.82) is 0 Å². The molecule has 0 aromatic rings. The van der Waals surface area contributed by atoms with Gasteiger partial charge in [0, 0.05) is 12.5 Å². The highest BCUT2D eigenvalue weighted by atomic mass is 16.5. The van der Waals surface area contributed by atoms with Crippen LogP contribution in [0.15, 0.2) is 40.1 Å². The van der Waals surface area contributed by atoms with Crippen molar-refractivity contribution in [2.75, 3.05) is 7.11 Å². The molecule has 36 heavy (non-hydrogen) atoms. The lowest BCUT2D eigenvalue weighted by atomic mass is 9.34. The Morgan fingerprint density at radius 2 is 1.64 bits per heavy atom. The Hall–Kier alpha value is -2.21. The number of ketones is 1. The normalized spacial score (nSPS) is 49.1. The number of ether oxygens (including phenoxy) is 1. The Morgan fingerprint density at radius 1 is 0.972 bits per heavy atom. The van der Waals surface area contributed by atoms with E-state index in [1.807, 2.05) is 13.0 Å². The van der Waals surface area contributed by atoms with Crippen molar-refractivity contribution in [3.05, 3.63) is 34.9 Å². The molecular weight excluding hydrogens is 454 g/mol. The van der Waals surface area contributed by atoms with Crippen LogP contribution in [-0.2, 0) is 14.3 Å². The van der Waals surface area contributed by atoms with E-state index in [1.54, 1.807) is 13.0 Å². The summed E-state index contributed by atoms with van der Waals surface area (Å²) in [5, 5.41) is 23.1. The van der Waals surface area contributed by atoms with Crippen molar-refractivity contribution >= 4 is 17.5 Å². The van der Waals surface area contributed by atoms with E-state index in [4.69, 9.17) is 4.74 Å². The van der Waals surface area contributed by atoms with Gasteiger partial charge in [0.05, 0.1) is 5.41 Å². The molecule has 7 atom stereocenters. The summed E-state index contributed by atoms with van der Waals surface area (Å²) in [6.07, 6.45) is 12.5. The summed E-state index contributed by atoms with van der Waals surface area (Å²) >= 11 is 0. The minimum Gasteiger partial charge on any atom is -0.481 e. The Balaban J connectivity index is 1.67. The minimum absolute atomic E-state index is 0.0354. The van der Waals surface area contributed by atoms with Gasteiger partial charge >= 0.3 is 5.97 Å². The second-order valence-corrected chi connectivity index (χ2v) is 13.6. The summed E-state index contributed by atoms with van der Waals surface area (Å²) in [4.78, 5) is 25.4. The molecule has 2 N–H and O–H groups in total. The number of carboxylic acids is 1. The van der Waals surface area contributed by atoms with E-state index in [2.05, 4.69) is 38.9 Å². The fourth-order valence-electron chi connectivity index (χ4n) is 9.07. The SMILES string of the molecule is CO[C@]1(C)C(=O)C(=NO)C=C2C1=CC=C1[C@@]2(C)CC[C@@]2(C)[C@@H]3C[C@](C)(C(=O)O)CC[C@]3(C)CC[C@]12C. The van der Waals surface area contributed by atoms with Crippen molar-refractivity contribution in [2.24, 2.45) is 38.1 Å². The van der Waals surface area contributed by atoms with Crippen LogP contribution in [0, 0.1) is 33.0 Å². The number of allylic oxidation sites excluding steroid dienone is 4. The van der Waals surface area contributed by atoms with Gasteiger partial charge < -0.3 is 15.1 Å². The first-order valence-electron chi connectivity index (χ1n) is 13.4. The number of aliphatic carboxylic acids is 1. The van der Waals surface area contributed by atoms with Crippen molar-refractivity contribution in [3.63, 3.8) is 0 Å². The molecule has 0 bridgehead atoms. The third-order valence-electron chi connectivity index (χ3n) is 12.1. The van der Waals surface area contributed by atoms with Gasteiger partial charge in [0.2, 0.25) is 5.78 Å². The summed E-state index contributed by atoms with van der Waals surface area (Å²) < 4.78 is 5.76. The Morgan fingerprint density at radius 3 is 2.25 bits per heavy atom. The zero-order valence-electron chi connectivity index (χ0n) is 22.8. The highest BCUT2D eigenvalue weighted by Gasteiger charge is 2.68. The summed E-state index contributed by atoms with van der Waals surface area (Å²) in [6, 6.07) is 0. The molecule has 0 saturated heterocycles. The summed E-state index contributed by atoms with van der Waals surface area (Å²) in [6.45, 7) is 13.2. The Kier molecular flexibility index (Phi) is 5.25.